The van der Waals surface area contributed by atoms with Crippen LogP contribution in [0.1, 0.15) is 38.8 Å². The number of nitrogens with one attached hydrogen (secondary N) is 2. The van der Waals surface area contributed by atoms with Crippen molar-refractivity contribution in [1.82, 2.24) is 10.6 Å². The van der Waals surface area contributed by atoms with Crippen molar-refractivity contribution in [3.05, 3.63) is 34.3 Å². The van der Waals surface area contributed by atoms with Gasteiger partial charge < -0.3 is 10.6 Å². The van der Waals surface area contributed by atoms with Gasteiger partial charge in [0.05, 0.1) is 11.5 Å². The fourth-order valence-electron chi connectivity index (χ4n) is 2.84. The molecule has 3 nitrogen and oxygen atoms in total. The average Bonchev–Trinajstić information content (AvgIpc) is 2.90. The third-order valence-corrected chi connectivity index (χ3v) is 4.99. The Morgan fingerprint density at radius 2 is 1.95 bits per heavy atom. The summed E-state index contributed by atoms with van der Waals surface area (Å²) in [5.41, 5.74) is 0.871. The third-order valence-electron chi connectivity index (χ3n) is 4.46. The van der Waals surface area contributed by atoms with Crippen molar-refractivity contribution in [2.75, 3.05) is 13.1 Å². The van der Waals surface area contributed by atoms with Crippen LogP contribution in [-0.4, -0.2) is 19.0 Å². The summed E-state index contributed by atoms with van der Waals surface area (Å²) in [6, 6.07) is 8.14. The van der Waals surface area contributed by atoms with Crippen LogP contribution in [0.25, 0.3) is 0 Å². The summed E-state index contributed by atoms with van der Waals surface area (Å²) in [6.07, 6.45) is 0.920. The Bertz CT molecular complexity index is 464. The minimum Gasteiger partial charge on any atom is -0.349 e. The molecule has 1 amide bonds. The number of carbonyl (C=O) groups is 1. The Kier molecular flexibility index (Phi) is 4.86. The molecule has 1 aliphatic heterocycles. The van der Waals surface area contributed by atoms with Crippen molar-refractivity contribution in [2.45, 2.75) is 33.2 Å². The first-order chi connectivity index (χ1) is 9.45. The zero-order valence-corrected chi connectivity index (χ0v) is 14.0. The summed E-state index contributed by atoms with van der Waals surface area (Å²) in [4.78, 5) is 12.7. The van der Waals surface area contributed by atoms with Crippen LogP contribution in [0.5, 0.6) is 0 Å². The molecule has 2 atom stereocenters. The van der Waals surface area contributed by atoms with Gasteiger partial charge in [0, 0.05) is 11.0 Å². The lowest BCUT2D eigenvalue weighted by atomic mass is 9.75. The lowest BCUT2D eigenvalue weighted by Gasteiger charge is -2.32. The van der Waals surface area contributed by atoms with E-state index in [9.17, 15) is 4.79 Å². The molecule has 0 aliphatic carbocycles. The number of amides is 1. The van der Waals surface area contributed by atoms with Crippen LogP contribution < -0.4 is 10.6 Å². The predicted molar refractivity (Wildman–Crippen MR) is 85.5 cm³/mol. The molecule has 0 radical (unpaired) electrons. The summed E-state index contributed by atoms with van der Waals surface area (Å²) < 4.78 is 1.05. The molecule has 1 fully saturated rings. The van der Waals surface area contributed by atoms with Gasteiger partial charge in [0.15, 0.2) is 0 Å². The van der Waals surface area contributed by atoms with Crippen LogP contribution in [-0.2, 0) is 4.79 Å². The smallest absolute Gasteiger partial charge is 0.228 e. The lowest BCUT2D eigenvalue weighted by Crippen LogP contribution is -2.46. The van der Waals surface area contributed by atoms with Gasteiger partial charge in [-0.15, -0.1) is 0 Å². The molecule has 0 saturated carbocycles. The molecule has 1 aromatic carbocycles. The van der Waals surface area contributed by atoms with Crippen LogP contribution in [0, 0.1) is 11.3 Å². The number of halogens is 1. The van der Waals surface area contributed by atoms with E-state index in [1.165, 1.54) is 0 Å². The molecule has 1 saturated heterocycles. The van der Waals surface area contributed by atoms with Crippen LogP contribution in [0.4, 0.5) is 0 Å². The molecule has 2 rings (SSSR count). The summed E-state index contributed by atoms with van der Waals surface area (Å²) in [7, 11) is 0. The van der Waals surface area contributed by atoms with Crippen LogP contribution in [0.2, 0.25) is 0 Å². The van der Waals surface area contributed by atoms with Gasteiger partial charge in [0.2, 0.25) is 5.91 Å². The second-order valence-corrected chi connectivity index (χ2v) is 6.90. The number of carbonyl (C=O) groups excluding carboxylic acids is 1. The largest absolute Gasteiger partial charge is 0.349 e. The molecular formula is C16H23BrN2O. The van der Waals surface area contributed by atoms with E-state index in [1.807, 2.05) is 31.2 Å². The molecule has 110 valence electrons. The van der Waals surface area contributed by atoms with E-state index >= 15 is 0 Å². The van der Waals surface area contributed by atoms with E-state index in [-0.39, 0.29) is 17.4 Å². The Balaban J connectivity index is 2.08. The van der Waals surface area contributed by atoms with E-state index in [4.69, 9.17) is 0 Å². The van der Waals surface area contributed by atoms with E-state index in [1.54, 1.807) is 0 Å². The summed E-state index contributed by atoms with van der Waals surface area (Å²) in [5.74, 6) is 0.516. The Hall–Kier alpha value is -0.870. The van der Waals surface area contributed by atoms with Crippen LogP contribution in [0.15, 0.2) is 28.7 Å². The van der Waals surface area contributed by atoms with Crippen molar-refractivity contribution >= 4 is 21.8 Å². The maximum atomic E-state index is 12.7. The van der Waals surface area contributed by atoms with Crippen LogP contribution in [0.3, 0.4) is 0 Å². The lowest BCUT2D eigenvalue weighted by molar-refractivity contribution is -0.133. The number of hydrogen-bond donors (Lipinski definition) is 2. The monoisotopic (exact) mass is 338 g/mol. The fraction of sp³-hybridized carbons (Fsp3) is 0.562. The highest BCUT2D eigenvalue weighted by molar-refractivity contribution is 9.10. The summed E-state index contributed by atoms with van der Waals surface area (Å²) >= 11 is 3.43. The first-order valence-electron chi connectivity index (χ1n) is 7.23. The zero-order valence-electron chi connectivity index (χ0n) is 12.4. The van der Waals surface area contributed by atoms with Gasteiger partial charge in [-0.25, -0.2) is 0 Å². The second-order valence-electron chi connectivity index (χ2n) is 5.98. The number of hydrogen-bond acceptors (Lipinski definition) is 2. The molecule has 0 bridgehead atoms. The molecule has 2 unspecified atom stereocenters. The normalized spacial score (nSPS) is 23.9. The molecule has 0 spiro atoms. The van der Waals surface area contributed by atoms with E-state index in [0.29, 0.717) is 5.92 Å². The molecule has 1 aromatic rings. The molecule has 1 heterocycles. The highest BCUT2D eigenvalue weighted by atomic mass is 79.9. The van der Waals surface area contributed by atoms with Crippen molar-refractivity contribution in [3.63, 3.8) is 0 Å². The van der Waals surface area contributed by atoms with Gasteiger partial charge in [-0.1, -0.05) is 41.9 Å². The fourth-order valence-corrected chi connectivity index (χ4v) is 3.10. The number of benzene rings is 1. The van der Waals surface area contributed by atoms with Crippen molar-refractivity contribution < 1.29 is 4.79 Å². The van der Waals surface area contributed by atoms with Gasteiger partial charge in [0.1, 0.15) is 0 Å². The van der Waals surface area contributed by atoms with Crippen molar-refractivity contribution in [3.8, 4) is 0 Å². The molecule has 4 heteroatoms. The number of rotatable bonds is 4. The zero-order chi connectivity index (χ0) is 14.8. The van der Waals surface area contributed by atoms with Gasteiger partial charge in [-0.05, 0) is 43.5 Å². The van der Waals surface area contributed by atoms with E-state index < -0.39 is 0 Å². The first-order valence-corrected chi connectivity index (χ1v) is 8.02. The maximum absolute atomic E-state index is 12.7. The molecule has 0 aromatic heterocycles. The second kappa shape index (κ2) is 6.27. The van der Waals surface area contributed by atoms with Gasteiger partial charge >= 0.3 is 0 Å². The SMILES string of the molecule is CC(NC(=O)C1(C(C)C)CCNC1)c1ccc(Br)cc1. The minimum atomic E-state index is -0.260. The van der Waals surface area contributed by atoms with E-state index in [2.05, 4.69) is 40.4 Å². The molecular weight excluding hydrogens is 316 g/mol. The van der Waals surface area contributed by atoms with Gasteiger partial charge in [-0.3, -0.25) is 4.79 Å². The topological polar surface area (TPSA) is 41.1 Å². The minimum absolute atomic E-state index is 0.0341. The quantitative estimate of drug-likeness (QED) is 0.884. The van der Waals surface area contributed by atoms with Crippen molar-refractivity contribution in [2.24, 2.45) is 11.3 Å². The highest BCUT2D eigenvalue weighted by Gasteiger charge is 2.44. The molecule has 20 heavy (non-hydrogen) atoms. The summed E-state index contributed by atoms with van der Waals surface area (Å²) in [6.45, 7) is 8.02. The molecule has 2 N–H and O–H groups in total. The Morgan fingerprint density at radius 3 is 2.45 bits per heavy atom. The third kappa shape index (κ3) is 3.07. The van der Waals surface area contributed by atoms with E-state index in [0.717, 1.165) is 29.5 Å². The van der Waals surface area contributed by atoms with Crippen molar-refractivity contribution in [1.29, 1.82) is 0 Å². The Morgan fingerprint density at radius 1 is 1.30 bits per heavy atom. The maximum Gasteiger partial charge on any atom is 0.228 e. The average molecular weight is 339 g/mol. The van der Waals surface area contributed by atoms with Gasteiger partial charge in [-0.2, -0.15) is 0 Å². The summed E-state index contributed by atoms with van der Waals surface area (Å²) in [5, 5.41) is 6.51. The molecule has 1 aliphatic rings. The van der Waals surface area contributed by atoms with Crippen LogP contribution >= 0.6 is 15.9 Å². The highest BCUT2D eigenvalue weighted by Crippen LogP contribution is 2.35. The Labute approximate surface area is 129 Å². The first kappa shape index (κ1) is 15.5. The predicted octanol–water partition coefficient (Wildman–Crippen LogP) is 3.26. The van der Waals surface area contributed by atoms with Gasteiger partial charge in [0.25, 0.3) is 0 Å². The standard InChI is InChI=1S/C16H23BrN2O/c1-11(2)16(8-9-18-10-16)15(20)19-12(3)13-4-6-14(17)7-5-13/h4-7,11-12,18H,8-10H2,1-3H3,(H,19,20).